The summed E-state index contributed by atoms with van der Waals surface area (Å²) < 4.78 is 0.735. The highest BCUT2D eigenvalue weighted by atomic mass is 79.9. The smallest absolute Gasteiger partial charge is 0.337 e. The van der Waals surface area contributed by atoms with E-state index in [2.05, 4.69) is 21.2 Å². The number of hydrogen-bond donors (Lipinski definition) is 3. The first kappa shape index (κ1) is 14.4. The van der Waals surface area contributed by atoms with Crippen LogP contribution >= 0.6 is 15.9 Å². The fraction of sp³-hybridized carbons (Fsp3) is 0.133. The maximum atomic E-state index is 11.2. The zero-order valence-corrected chi connectivity index (χ0v) is 12.2. The number of aromatic hydroxyl groups is 1. The fourth-order valence-electron chi connectivity index (χ4n) is 1.85. The van der Waals surface area contributed by atoms with Gasteiger partial charge in [0.15, 0.2) is 0 Å². The van der Waals surface area contributed by atoms with Crippen LogP contribution in [-0.2, 0) is 6.42 Å². The molecule has 20 heavy (non-hydrogen) atoms. The topological polar surface area (TPSA) is 69.6 Å². The van der Waals surface area contributed by atoms with Crippen LogP contribution in [0.15, 0.2) is 46.9 Å². The summed E-state index contributed by atoms with van der Waals surface area (Å²) in [5, 5.41) is 21.5. The predicted octanol–water partition coefficient (Wildman–Crippen LogP) is 3.51. The molecule has 0 heterocycles. The lowest BCUT2D eigenvalue weighted by molar-refractivity contribution is 0.0698. The quantitative estimate of drug-likeness (QED) is 0.782. The molecule has 2 rings (SSSR count). The van der Waals surface area contributed by atoms with Gasteiger partial charge in [-0.25, -0.2) is 4.79 Å². The highest BCUT2D eigenvalue weighted by molar-refractivity contribution is 9.10. The molecular formula is C15H14BrNO3. The lowest BCUT2D eigenvalue weighted by Gasteiger charge is -2.10. The first-order chi connectivity index (χ1) is 9.56. The minimum absolute atomic E-state index is 0.239. The molecular weight excluding hydrogens is 322 g/mol. The molecule has 0 aliphatic carbocycles. The number of nitrogens with one attached hydrogen (secondary N) is 1. The molecule has 5 heteroatoms. The second-order valence-corrected chi connectivity index (χ2v) is 5.25. The van der Waals surface area contributed by atoms with Crippen LogP contribution in [0.2, 0.25) is 0 Å². The van der Waals surface area contributed by atoms with Crippen molar-refractivity contribution in [3.63, 3.8) is 0 Å². The Morgan fingerprint density at radius 2 is 1.85 bits per heavy atom. The summed E-state index contributed by atoms with van der Waals surface area (Å²) >= 11 is 3.26. The van der Waals surface area contributed by atoms with E-state index >= 15 is 0 Å². The minimum atomic E-state index is -0.960. The SMILES string of the molecule is O=C(O)c1cc(Br)ccc1NCCc1ccc(O)cc1. The molecule has 3 N–H and O–H groups in total. The third-order valence-corrected chi connectivity index (χ3v) is 3.37. The van der Waals surface area contributed by atoms with Gasteiger partial charge in [-0.15, -0.1) is 0 Å². The second kappa shape index (κ2) is 6.43. The summed E-state index contributed by atoms with van der Waals surface area (Å²) in [6.45, 7) is 0.618. The Kier molecular flexibility index (Phi) is 4.63. The molecule has 0 fully saturated rings. The summed E-state index contributed by atoms with van der Waals surface area (Å²) in [7, 11) is 0. The van der Waals surface area contributed by atoms with Crippen LogP contribution in [0.3, 0.4) is 0 Å². The number of phenolic OH excluding ortho intramolecular Hbond substituents is 1. The maximum absolute atomic E-state index is 11.2. The first-order valence-corrected chi connectivity index (χ1v) is 6.90. The molecule has 0 unspecified atom stereocenters. The summed E-state index contributed by atoms with van der Waals surface area (Å²) in [5.74, 6) is -0.721. The standard InChI is InChI=1S/C15H14BrNO3/c16-11-3-6-14(13(9-11)15(19)20)17-8-7-10-1-4-12(18)5-2-10/h1-6,9,17-18H,7-8H2,(H,19,20). The highest BCUT2D eigenvalue weighted by Gasteiger charge is 2.10. The van der Waals surface area contributed by atoms with E-state index in [9.17, 15) is 9.90 Å². The van der Waals surface area contributed by atoms with E-state index in [0.29, 0.717) is 12.2 Å². The summed E-state index contributed by atoms with van der Waals surface area (Å²) in [4.78, 5) is 11.2. The van der Waals surface area contributed by atoms with Crippen LogP contribution in [0, 0.1) is 0 Å². The van der Waals surface area contributed by atoms with Gasteiger partial charge in [-0.3, -0.25) is 0 Å². The summed E-state index contributed by atoms with van der Waals surface area (Å²) in [6, 6.07) is 12.1. The van der Waals surface area contributed by atoms with Gasteiger partial charge in [-0.2, -0.15) is 0 Å². The largest absolute Gasteiger partial charge is 0.508 e. The molecule has 0 radical (unpaired) electrons. The van der Waals surface area contributed by atoms with E-state index in [1.54, 1.807) is 30.3 Å². The van der Waals surface area contributed by atoms with E-state index in [1.165, 1.54) is 0 Å². The molecule has 0 aliphatic rings. The highest BCUT2D eigenvalue weighted by Crippen LogP contribution is 2.21. The van der Waals surface area contributed by atoms with Crippen molar-refractivity contribution in [2.24, 2.45) is 0 Å². The van der Waals surface area contributed by atoms with Gasteiger partial charge < -0.3 is 15.5 Å². The number of anilines is 1. The van der Waals surface area contributed by atoms with Crippen LogP contribution in [0.4, 0.5) is 5.69 Å². The molecule has 2 aromatic rings. The summed E-state index contributed by atoms with van der Waals surface area (Å²) in [6.07, 6.45) is 0.745. The van der Waals surface area contributed by atoms with E-state index in [4.69, 9.17) is 5.11 Å². The van der Waals surface area contributed by atoms with Crippen molar-refractivity contribution in [2.45, 2.75) is 6.42 Å². The Bertz CT molecular complexity index is 611. The van der Waals surface area contributed by atoms with Crippen molar-refractivity contribution in [1.82, 2.24) is 0 Å². The van der Waals surface area contributed by atoms with Crippen molar-refractivity contribution in [2.75, 3.05) is 11.9 Å². The molecule has 104 valence electrons. The maximum Gasteiger partial charge on any atom is 0.337 e. The van der Waals surface area contributed by atoms with Crippen molar-refractivity contribution >= 4 is 27.6 Å². The normalized spacial score (nSPS) is 10.2. The van der Waals surface area contributed by atoms with Gasteiger partial charge in [-0.1, -0.05) is 28.1 Å². The number of carboxylic acids is 1. The third kappa shape index (κ3) is 3.74. The predicted molar refractivity (Wildman–Crippen MR) is 81.4 cm³/mol. The average Bonchev–Trinajstić information content (AvgIpc) is 2.42. The van der Waals surface area contributed by atoms with Gasteiger partial charge in [0.2, 0.25) is 0 Å². The number of halogens is 1. The van der Waals surface area contributed by atoms with Gasteiger partial charge in [0.25, 0.3) is 0 Å². The van der Waals surface area contributed by atoms with E-state index in [1.807, 2.05) is 12.1 Å². The molecule has 0 aromatic heterocycles. The van der Waals surface area contributed by atoms with Crippen LogP contribution in [0.25, 0.3) is 0 Å². The third-order valence-electron chi connectivity index (χ3n) is 2.88. The molecule has 0 atom stereocenters. The average molecular weight is 336 g/mol. The number of hydrogen-bond acceptors (Lipinski definition) is 3. The molecule has 0 saturated heterocycles. The molecule has 0 bridgehead atoms. The molecule has 0 spiro atoms. The van der Waals surface area contributed by atoms with Gasteiger partial charge in [-0.05, 0) is 42.3 Å². The molecule has 0 saturated carbocycles. The van der Waals surface area contributed by atoms with Crippen molar-refractivity contribution in [1.29, 1.82) is 0 Å². The molecule has 2 aromatic carbocycles. The van der Waals surface area contributed by atoms with Crippen LogP contribution in [0.1, 0.15) is 15.9 Å². The molecule has 0 amide bonds. The zero-order chi connectivity index (χ0) is 14.5. The number of rotatable bonds is 5. The Morgan fingerprint density at radius 1 is 1.15 bits per heavy atom. The van der Waals surface area contributed by atoms with E-state index in [0.717, 1.165) is 16.5 Å². The van der Waals surface area contributed by atoms with Gasteiger partial charge in [0.1, 0.15) is 5.75 Å². The monoisotopic (exact) mass is 335 g/mol. The van der Waals surface area contributed by atoms with Crippen molar-refractivity contribution < 1.29 is 15.0 Å². The van der Waals surface area contributed by atoms with E-state index in [-0.39, 0.29) is 11.3 Å². The van der Waals surface area contributed by atoms with Gasteiger partial charge in [0.05, 0.1) is 5.56 Å². The number of aromatic carboxylic acids is 1. The number of carbonyl (C=O) groups is 1. The lowest BCUT2D eigenvalue weighted by Crippen LogP contribution is -2.09. The Morgan fingerprint density at radius 3 is 2.50 bits per heavy atom. The first-order valence-electron chi connectivity index (χ1n) is 6.11. The van der Waals surface area contributed by atoms with E-state index < -0.39 is 5.97 Å². The van der Waals surface area contributed by atoms with Crippen LogP contribution < -0.4 is 5.32 Å². The Balaban J connectivity index is 2.00. The molecule has 4 nitrogen and oxygen atoms in total. The number of phenols is 1. The molecule has 0 aliphatic heterocycles. The van der Waals surface area contributed by atoms with Crippen LogP contribution in [0.5, 0.6) is 5.75 Å². The van der Waals surface area contributed by atoms with Crippen molar-refractivity contribution in [3.05, 3.63) is 58.1 Å². The van der Waals surface area contributed by atoms with Gasteiger partial charge in [0, 0.05) is 16.7 Å². The number of benzene rings is 2. The number of carboxylic acid groups (broad SMARTS) is 1. The Labute approximate surface area is 125 Å². The van der Waals surface area contributed by atoms with Crippen molar-refractivity contribution in [3.8, 4) is 5.75 Å². The summed E-state index contributed by atoms with van der Waals surface area (Å²) in [5.41, 5.74) is 1.91. The second-order valence-electron chi connectivity index (χ2n) is 4.34. The fourth-order valence-corrected chi connectivity index (χ4v) is 2.21. The lowest BCUT2D eigenvalue weighted by atomic mass is 10.1. The Hall–Kier alpha value is -2.01. The zero-order valence-electron chi connectivity index (χ0n) is 10.6. The van der Waals surface area contributed by atoms with Crippen LogP contribution in [-0.4, -0.2) is 22.7 Å². The van der Waals surface area contributed by atoms with Gasteiger partial charge >= 0.3 is 5.97 Å². The minimum Gasteiger partial charge on any atom is -0.508 e.